The van der Waals surface area contributed by atoms with Gasteiger partial charge < -0.3 is 10.4 Å². The van der Waals surface area contributed by atoms with Crippen LogP contribution in [0.1, 0.15) is 10.4 Å². The van der Waals surface area contributed by atoms with Crippen molar-refractivity contribution in [2.45, 2.75) is 5.92 Å². The SMILES string of the molecule is O=C(NCC(F)(F)CO)c1cc(Cl)cc(Cl)c1. The zero-order valence-electron chi connectivity index (χ0n) is 8.51. The molecule has 0 aromatic heterocycles. The third-order valence-electron chi connectivity index (χ3n) is 1.86. The Morgan fingerprint density at radius 1 is 1.29 bits per heavy atom. The molecule has 2 N–H and O–H groups in total. The van der Waals surface area contributed by atoms with Crippen molar-refractivity contribution in [1.29, 1.82) is 0 Å². The van der Waals surface area contributed by atoms with Gasteiger partial charge in [0.15, 0.2) is 0 Å². The first-order valence-corrected chi connectivity index (χ1v) is 5.32. The zero-order chi connectivity index (χ0) is 13.1. The van der Waals surface area contributed by atoms with Gasteiger partial charge in [0.2, 0.25) is 0 Å². The van der Waals surface area contributed by atoms with Gasteiger partial charge in [-0.05, 0) is 18.2 Å². The maximum atomic E-state index is 12.7. The molecule has 0 bridgehead atoms. The number of hydrogen-bond acceptors (Lipinski definition) is 2. The van der Waals surface area contributed by atoms with Gasteiger partial charge in [-0.15, -0.1) is 0 Å². The first-order chi connectivity index (χ1) is 7.84. The predicted molar refractivity (Wildman–Crippen MR) is 60.8 cm³/mol. The molecule has 7 heteroatoms. The Bertz CT molecular complexity index is 407. The van der Waals surface area contributed by atoms with E-state index in [1.54, 1.807) is 0 Å². The zero-order valence-corrected chi connectivity index (χ0v) is 10.0. The summed E-state index contributed by atoms with van der Waals surface area (Å²) in [5, 5.41) is 10.8. The smallest absolute Gasteiger partial charge is 0.287 e. The van der Waals surface area contributed by atoms with Crippen molar-refractivity contribution in [2.75, 3.05) is 13.2 Å². The van der Waals surface area contributed by atoms with Crippen LogP contribution in [0.5, 0.6) is 0 Å². The largest absolute Gasteiger partial charge is 0.390 e. The summed E-state index contributed by atoms with van der Waals surface area (Å²) in [6, 6.07) is 4.03. The third kappa shape index (κ3) is 4.46. The number of alkyl halides is 2. The van der Waals surface area contributed by atoms with Crippen molar-refractivity contribution in [1.82, 2.24) is 5.32 Å². The molecule has 0 unspecified atom stereocenters. The summed E-state index contributed by atoms with van der Waals surface area (Å²) in [5.41, 5.74) is 0.0799. The number of nitrogens with one attached hydrogen (secondary N) is 1. The lowest BCUT2D eigenvalue weighted by molar-refractivity contribution is -0.0462. The van der Waals surface area contributed by atoms with Crippen LogP contribution >= 0.6 is 23.2 Å². The molecule has 1 aromatic rings. The molecule has 0 aliphatic rings. The van der Waals surface area contributed by atoms with Crippen molar-refractivity contribution in [3.8, 4) is 0 Å². The van der Waals surface area contributed by atoms with Crippen LogP contribution < -0.4 is 5.32 Å². The number of hydrogen-bond donors (Lipinski definition) is 2. The van der Waals surface area contributed by atoms with E-state index < -0.39 is 25.0 Å². The molecule has 1 aromatic carbocycles. The number of aliphatic hydroxyl groups is 1. The molecular weight excluding hydrogens is 275 g/mol. The minimum Gasteiger partial charge on any atom is -0.390 e. The number of amides is 1. The van der Waals surface area contributed by atoms with Crippen LogP contribution in [0, 0.1) is 0 Å². The maximum Gasteiger partial charge on any atom is 0.287 e. The first kappa shape index (κ1) is 14.2. The molecule has 0 saturated heterocycles. The molecule has 0 spiro atoms. The van der Waals surface area contributed by atoms with Gasteiger partial charge in [0, 0.05) is 15.6 Å². The van der Waals surface area contributed by atoms with E-state index in [0.717, 1.165) is 0 Å². The van der Waals surface area contributed by atoms with E-state index in [1.165, 1.54) is 18.2 Å². The minimum atomic E-state index is -3.35. The van der Waals surface area contributed by atoms with Gasteiger partial charge in [-0.3, -0.25) is 4.79 Å². The van der Waals surface area contributed by atoms with Crippen molar-refractivity contribution in [2.24, 2.45) is 0 Å². The molecular formula is C10H9Cl2F2NO2. The standard InChI is InChI=1S/C10H9Cl2F2NO2/c11-7-1-6(2-8(12)3-7)9(17)15-4-10(13,14)5-16/h1-3,16H,4-5H2,(H,15,17). The van der Waals surface area contributed by atoms with E-state index in [2.05, 4.69) is 0 Å². The highest BCUT2D eigenvalue weighted by molar-refractivity contribution is 6.35. The van der Waals surface area contributed by atoms with Crippen molar-refractivity contribution in [3.05, 3.63) is 33.8 Å². The van der Waals surface area contributed by atoms with E-state index >= 15 is 0 Å². The molecule has 3 nitrogen and oxygen atoms in total. The van der Waals surface area contributed by atoms with Crippen molar-refractivity contribution >= 4 is 29.1 Å². The van der Waals surface area contributed by atoms with Gasteiger partial charge >= 0.3 is 0 Å². The quantitative estimate of drug-likeness (QED) is 0.891. The molecule has 1 rings (SSSR count). The van der Waals surface area contributed by atoms with Crippen LogP contribution in [-0.4, -0.2) is 30.1 Å². The molecule has 0 aliphatic heterocycles. The minimum absolute atomic E-state index is 0.0799. The number of carbonyl (C=O) groups is 1. The summed E-state index contributed by atoms with van der Waals surface area (Å²) < 4.78 is 25.3. The second-order valence-corrected chi connectivity index (χ2v) is 4.23. The molecule has 17 heavy (non-hydrogen) atoms. The van der Waals surface area contributed by atoms with Crippen LogP contribution in [0.15, 0.2) is 18.2 Å². The van der Waals surface area contributed by atoms with Crippen LogP contribution in [0.25, 0.3) is 0 Å². The van der Waals surface area contributed by atoms with E-state index in [0.29, 0.717) is 0 Å². The van der Waals surface area contributed by atoms with Crippen LogP contribution in [0.3, 0.4) is 0 Å². The van der Waals surface area contributed by atoms with E-state index in [-0.39, 0.29) is 15.6 Å². The molecule has 0 heterocycles. The Labute approximate surface area is 106 Å². The highest BCUT2D eigenvalue weighted by atomic mass is 35.5. The van der Waals surface area contributed by atoms with Gasteiger partial charge in [0.25, 0.3) is 11.8 Å². The second kappa shape index (κ2) is 5.62. The van der Waals surface area contributed by atoms with Gasteiger partial charge in [-0.1, -0.05) is 23.2 Å². The van der Waals surface area contributed by atoms with Crippen LogP contribution in [0.2, 0.25) is 10.0 Å². The maximum absolute atomic E-state index is 12.7. The monoisotopic (exact) mass is 283 g/mol. The molecule has 0 saturated carbocycles. The Hall–Kier alpha value is -0.910. The fourth-order valence-electron chi connectivity index (χ4n) is 1.05. The average molecular weight is 284 g/mol. The van der Waals surface area contributed by atoms with Gasteiger partial charge in [-0.2, -0.15) is 0 Å². The number of rotatable bonds is 4. The van der Waals surface area contributed by atoms with Crippen molar-refractivity contribution < 1.29 is 18.7 Å². The van der Waals surface area contributed by atoms with Crippen LogP contribution in [0.4, 0.5) is 8.78 Å². The van der Waals surface area contributed by atoms with E-state index in [9.17, 15) is 13.6 Å². The molecule has 94 valence electrons. The topological polar surface area (TPSA) is 49.3 Å². The van der Waals surface area contributed by atoms with Gasteiger partial charge in [0.1, 0.15) is 6.61 Å². The summed E-state index contributed by atoms with van der Waals surface area (Å²) in [6.07, 6.45) is 0. The highest BCUT2D eigenvalue weighted by Crippen LogP contribution is 2.19. The fraction of sp³-hybridized carbons (Fsp3) is 0.300. The third-order valence-corrected chi connectivity index (χ3v) is 2.30. The number of benzene rings is 1. The second-order valence-electron chi connectivity index (χ2n) is 3.35. The lowest BCUT2D eigenvalue weighted by atomic mass is 10.2. The summed E-state index contributed by atoms with van der Waals surface area (Å²) in [5.74, 6) is -4.08. The van der Waals surface area contributed by atoms with E-state index in [4.69, 9.17) is 28.3 Å². The number of aliphatic hydroxyl groups excluding tert-OH is 1. The number of halogens is 4. The first-order valence-electron chi connectivity index (χ1n) is 4.57. The van der Waals surface area contributed by atoms with Gasteiger partial charge in [0.05, 0.1) is 6.54 Å². The Morgan fingerprint density at radius 2 is 1.82 bits per heavy atom. The fourth-order valence-corrected chi connectivity index (χ4v) is 1.58. The molecule has 1 amide bonds. The highest BCUT2D eigenvalue weighted by Gasteiger charge is 2.28. The predicted octanol–water partition coefficient (Wildman–Crippen LogP) is 2.35. The average Bonchev–Trinajstić information content (AvgIpc) is 2.24. The Balaban J connectivity index is 2.70. The van der Waals surface area contributed by atoms with Gasteiger partial charge in [-0.25, -0.2) is 8.78 Å². The molecule has 0 radical (unpaired) electrons. The van der Waals surface area contributed by atoms with E-state index in [1.807, 2.05) is 5.32 Å². The lowest BCUT2D eigenvalue weighted by Gasteiger charge is -2.14. The summed E-state index contributed by atoms with van der Waals surface area (Å²) in [7, 11) is 0. The Morgan fingerprint density at radius 3 is 2.29 bits per heavy atom. The molecule has 0 aliphatic carbocycles. The summed E-state index contributed by atoms with van der Waals surface area (Å²) >= 11 is 11.3. The summed E-state index contributed by atoms with van der Waals surface area (Å²) in [6.45, 7) is -2.28. The number of carbonyl (C=O) groups excluding carboxylic acids is 1. The molecule has 0 atom stereocenters. The molecule has 0 fully saturated rings. The lowest BCUT2D eigenvalue weighted by Crippen LogP contribution is -2.38. The van der Waals surface area contributed by atoms with Crippen LogP contribution in [-0.2, 0) is 0 Å². The van der Waals surface area contributed by atoms with Crippen molar-refractivity contribution in [3.63, 3.8) is 0 Å². The summed E-state index contributed by atoms with van der Waals surface area (Å²) in [4.78, 5) is 11.5. The normalized spacial score (nSPS) is 11.4. The Kier molecular flexibility index (Phi) is 4.68.